The van der Waals surface area contributed by atoms with Gasteiger partial charge in [0.05, 0.1) is 7.05 Å². The van der Waals surface area contributed by atoms with Gasteiger partial charge < -0.3 is 10.2 Å². The Balaban J connectivity index is 1.97. The summed E-state index contributed by atoms with van der Waals surface area (Å²) in [6.07, 6.45) is 0. The summed E-state index contributed by atoms with van der Waals surface area (Å²) in [5, 5.41) is 2.96. The highest BCUT2D eigenvalue weighted by Crippen LogP contribution is 2.19. The lowest BCUT2D eigenvalue weighted by Gasteiger charge is -2.16. The zero-order valence-electron chi connectivity index (χ0n) is 13.5. The summed E-state index contributed by atoms with van der Waals surface area (Å²) in [5.41, 5.74) is 3.54. The molecule has 0 saturated carbocycles. The molecule has 0 aliphatic heterocycles. The predicted octanol–water partition coefficient (Wildman–Crippen LogP) is 2.86. The quantitative estimate of drug-likeness (QED) is 0.822. The molecule has 3 nitrogen and oxygen atoms in total. The van der Waals surface area contributed by atoms with E-state index >= 15 is 0 Å². The molecule has 0 aromatic heterocycles. The first-order chi connectivity index (χ1) is 10.9. The van der Waals surface area contributed by atoms with E-state index in [0.29, 0.717) is 16.6 Å². The minimum Gasteiger partial charge on any atom is -0.326 e. The van der Waals surface area contributed by atoms with Crippen LogP contribution < -0.4 is 10.2 Å². The molecule has 2 aromatic carbocycles. The fraction of sp³-hybridized carbons (Fsp3) is 0.278. The number of amides is 1. The number of benzene rings is 2. The summed E-state index contributed by atoms with van der Waals surface area (Å²) >= 11 is 3.24. The Morgan fingerprint density at radius 1 is 1.22 bits per heavy atom. The molecule has 0 aliphatic carbocycles. The number of para-hydroxylation sites is 1. The average molecular weight is 380 g/mol. The first-order valence-electron chi connectivity index (χ1n) is 7.48. The van der Waals surface area contributed by atoms with Crippen molar-refractivity contribution in [3.8, 4) is 0 Å². The van der Waals surface area contributed by atoms with E-state index < -0.39 is 0 Å². The maximum Gasteiger partial charge on any atom is 0.279 e. The van der Waals surface area contributed by atoms with E-state index in [1.165, 1.54) is 6.07 Å². The van der Waals surface area contributed by atoms with E-state index in [9.17, 15) is 9.18 Å². The summed E-state index contributed by atoms with van der Waals surface area (Å²) < 4.78 is 14.6. The minimum atomic E-state index is -0.256. The molecule has 2 aromatic rings. The summed E-state index contributed by atoms with van der Waals surface area (Å²) in [7, 11) is 1.88. The van der Waals surface area contributed by atoms with E-state index in [0.717, 1.165) is 21.7 Å². The molecular weight excluding hydrogens is 359 g/mol. The van der Waals surface area contributed by atoms with Crippen molar-refractivity contribution in [1.82, 2.24) is 0 Å². The molecule has 5 heteroatoms. The number of hydrogen-bond acceptors (Lipinski definition) is 1. The number of quaternary nitrogens is 1. The van der Waals surface area contributed by atoms with Crippen LogP contribution in [0, 0.1) is 19.7 Å². The van der Waals surface area contributed by atoms with Gasteiger partial charge in [0.2, 0.25) is 0 Å². The molecule has 1 atom stereocenters. The Morgan fingerprint density at radius 3 is 2.48 bits per heavy atom. The fourth-order valence-corrected chi connectivity index (χ4v) is 2.86. The zero-order chi connectivity index (χ0) is 17.0. The van der Waals surface area contributed by atoms with Gasteiger partial charge in [0.1, 0.15) is 12.4 Å². The van der Waals surface area contributed by atoms with Crippen LogP contribution in [0.4, 0.5) is 10.1 Å². The lowest BCUT2D eigenvalue weighted by Crippen LogP contribution is -3.08. The van der Waals surface area contributed by atoms with Gasteiger partial charge in [0.15, 0.2) is 6.54 Å². The van der Waals surface area contributed by atoms with Gasteiger partial charge in [0, 0.05) is 15.7 Å². The Bertz CT molecular complexity index is 698. The van der Waals surface area contributed by atoms with Crippen molar-refractivity contribution in [2.45, 2.75) is 20.4 Å². The summed E-state index contributed by atoms with van der Waals surface area (Å²) in [5.74, 6) is -0.327. The molecule has 23 heavy (non-hydrogen) atoms. The normalized spacial score (nSPS) is 12.0. The number of likely N-dealkylation sites (N-methyl/N-ethyl adjacent to an activating group) is 1. The molecule has 0 heterocycles. The van der Waals surface area contributed by atoms with Crippen molar-refractivity contribution >= 4 is 27.5 Å². The molecule has 0 saturated heterocycles. The first kappa shape index (κ1) is 17.6. The zero-order valence-corrected chi connectivity index (χ0v) is 15.1. The molecular formula is C18H21BrFN2O+. The summed E-state index contributed by atoms with van der Waals surface area (Å²) in [4.78, 5) is 13.1. The minimum absolute atomic E-state index is 0.0718. The first-order valence-corrected chi connectivity index (χ1v) is 8.27. The van der Waals surface area contributed by atoms with Gasteiger partial charge in [0.25, 0.3) is 5.91 Å². The van der Waals surface area contributed by atoms with E-state index in [4.69, 9.17) is 0 Å². The van der Waals surface area contributed by atoms with Crippen LogP contribution in [0.25, 0.3) is 0 Å². The molecule has 0 fully saturated rings. The monoisotopic (exact) mass is 379 g/mol. The number of carbonyl (C=O) groups excluding carboxylic acids is 1. The second-order valence-electron chi connectivity index (χ2n) is 5.86. The van der Waals surface area contributed by atoms with Crippen molar-refractivity contribution in [3.63, 3.8) is 0 Å². The third kappa shape index (κ3) is 4.88. The number of aryl methyl sites for hydroxylation is 2. The predicted molar refractivity (Wildman–Crippen MR) is 94.1 cm³/mol. The Morgan fingerprint density at radius 2 is 1.87 bits per heavy atom. The molecule has 0 radical (unpaired) electrons. The van der Waals surface area contributed by atoms with Crippen LogP contribution in [0.1, 0.15) is 16.7 Å². The Kier molecular flexibility index (Phi) is 5.91. The molecule has 122 valence electrons. The second kappa shape index (κ2) is 7.70. The highest BCUT2D eigenvalue weighted by molar-refractivity contribution is 9.10. The van der Waals surface area contributed by atoms with Crippen molar-refractivity contribution in [2.75, 3.05) is 18.9 Å². The number of anilines is 1. The fourth-order valence-electron chi connectivity index (χ4n) is 2.52. The third-order valence-corrected chi connectivity index (χ3v) is 4.21. The van der Waals surface area contributed by atoms with Crippen molar-refractivity contribution in [2.24, 2.45) is 0 Å². The second-order valence-corrected chi connectivity index (χ2v) is 6.78. The average Bonchev–Trinajstić information content (AvgIpc) is 2.46. The van der Waals surface area contributed by atoms with E-state index in [-0.39, 0.29) is 18.3 Å². The molecule has 0 aliphatic rings. The van der Waals surface area contributed by atoms with Crippen LogP contribution in [0.3, 0.4) is 0 Å². The number of hydrogen-bond donors (Lipinski definition) is 2. The number of nitrogens with one attached hydrogen (secondary N) is 2. The molecule has 0 bridgehead atoms. The van der Waals surface area contributed by atoms with E-state index in [1.807, 2.05) is 45.2 Å². The van der Waals surface area contributed by atoms with Crippen LogP contribution in [-0.2, 0) is 11.3 Å². The molecule has 1 amide bonds. The topological polar surface area (TPSA) is 33.5 Å². The van der Waals surface area contributed by atoms with E-state index in [1.54, 1.807) is 6.07 Å². The summed E-state index contributed by atoms with van der Waals surface area (Å²) in [6, 6.07) is 10.9. The highest BCUT2D eigenvalue weighted by atomic mass is 79.9. The Labute approximate surface area is 144 Å². The van der Waals surface area contributed by atoms with Gasteiger partial charge in [-0.25, -0.2) is 4.39 Å². The number of halogens is 2. The maximum absolute atomic E-state index is 13.9. The van der Waals surface area contributed by atoms with Crippen LogP contribution in [0.15, 0.2) is 40.9 Å². The third-order valence-electron chi connectivity index (χ3n) is 3.72. The van der Waals surface area contributed by atoms with Crippen LogP contribution >= 0.6 is 15.9 Å². The van der Waals surface area contributed by atoms with Gasteiger partial charge in [-0.3, -0.25) is 4.79 Å². The smallest absolute Gasteiger partial charge is 0.279 e. The van der Waals surface area contributed by atoms with Crippen LogP contribution in [0.5, 0.6) is 0 Å². The molecule has 2 N–H and O–H groups in total. The number of rotatable bonds is 5. The van der Waals surface area contributed by atoms with Crippen molar-refractivity contribution < 1.29 is 14.1 Å². The van der Waals surface area contributed by atoms with Crippen molar-refractivity contribution in [3.05, 3.63) is 63.4 Å². The summed E-state index contributed by atoms with van der Waals surface area (Å²) in [6.45, 7) is 4.68. The maximum atomic E-state index is 13.9. The van der Waals surface area contributed by atoms with Gasteiger partial charge >= 0.3 is 0 Å². The Hall–Kier alpha value is -1.72. The van der Waals surface area contributed by atoms with Crippen molar-refractivity contribution in [1.29, 1.82) is 0 Å². The van der Waals surface area contributed by atoms with Gasteiger partial charge in [-0.1, -0.05) is 34.1 Å². The van der Waals surface area contributed by atoms with Gasteiger partial charge in [-0.05, 0) is 43.2 Å². The molecule has 2 rings (SSSR count). The highest BCUT2D eigenvalue weighted by Gasteiger charge is 2.14. The molecule has 1 unspecified atom stereocenters. The molecule has 0 spiro atoms. The van der Waals surface area contributed by atoms with E-state index in [2.05, 4.69) is 21.2 Å². The standard InChI is InChI=1S/C18H20BrFN2O/c1-12-5-4-6-13(2)18(12)21-17(23)11-22(3)10-14-7-8-15(19)9-16(14)20/h4-9H,10-11H2,1-3H3,(H,21,23)/p+1. The SMILES string of the molecule is Cc1cccc(C)c1NC(=O)C[NH+](C)Cc1ccc(Br)cc1F. The van der Waals surface area contributed by atoms with Crippen LogP contribution in [-0.4, -0.2) is 19.5 Å². The van der Waals surface area contributed by atoms with Gasteiger partial charge in [-0.2, -0.15) is 0 Å². The number of carbonyl (C=O) groups is 1. The largest absolute Gasteiger partial charge is 0.326 e. The van der Waals surface area contributed by atoms with Gasteiger partial charge in [-0.15, -0.1) is 0 Å². The van der Waals surface area contributed by atoms with Crippen LogP contribution in [0.2, 0.25) is 0 Å². The lowest BCUT2D eigenvalue weighted by atomic mass is 10.1. The lowest BCUT2D eigenvalue weighted by molar-refractivity contribution is -0.885.